The Bertz CT molecular complexity index is 663. The maximum atomic E-state index is 13.1. The van der Waals surface area contributed by atoms with Gasteiger partial charge >= 0.3 is 6.18 Å². The van der Waals surface area contributed by atoms with Crippen molar-refractivity contribution >= 4 is 16.9 Å². The van der Waals surface area contributed by atoms with Crippen LogP contribution in [0.15, 0.2) is 24.3 Å². The summed E-state index contributed by atoms with van der Waals surface area (Å²) >= 11 is 0. The molecule has 0 aliphatic carbocycles. The molecule has 120 valence electrons. The van der Waals surface area contributed by atoms with E-state index in [1.54, 1.807) is 19.1 Å². The van der Waals surface area contributed by atoms with Gasteiger partial charge in [-0.1, -0.05) is 19.1 Å². The zero-order chi connectivity index (χ0) is 16.3. The van der Waals surface area contributed by atoms with Gasteiger partial charge in [0.2, 0.25) is 11.7 Å². The number of carbonyl (C=O) groups is 1. The van der Waals surface area contributed by atoms with Crippen LogP contribution in [0.3, 0.4) is 0 Å². The summed E-state index contributed by atoms with van der Waals surface area (Å²) in [5.41, 5.74) is 0.416. The molecule has 0 fully saturated rings. The molecule has 2 rings (SSSR count). The second-order valence-electron chi connectivity index (χ2n) is 4.86. The lowest BCUT2D eigenvalue weighted by molar-refractivity contribution is -0.147. The largest absolute Gasteiger partial charge is 0.449 e. The summed E-state index contributed by atoms with van der Waals surface area (Å²) in [6.45, 7) is 0.986. The Balaban J connectivity index is 2.35. The molecule has 1 aromatic heterocycles. The van der Waals surface area contributed by atoms with E-state index in [2.05, 4.69) is 10.3 Å². The predicted molar refractivity (Wildman–Crippen MR) is 74.0 cm³/mol. The number of nitrogens with one attached hydrogen (secondary N) is 1. The molecule has 0 radical (unpaired) electrons. The number of carbonyl (C=O) groups excluding carboxylic acids is 1. The number of fused-ring (bicyclic) bond motifs is 1. The number of alkyl halides is 3. The fraction of sp³-hybridized carbons (Fsp3) is 0.429. The highest BCUT2D eigenvalue weighted by molar-refractivity contribution is 5.81. The van der Waals surface area contributed by atoms with Gasteiger partial charge in [-0.25, -0.2) is 4.98 Å². The monoisotopic (exact) mass is 315 g/mol. The van der Waals surface area contributed by atoms with Crippen LogP contribution >= 0.6 is 0 Å². The number of para-hydroxylation sites is 2. The maximum absolute atomic E-state index is 13.1. The molecule has 1 unspecified atom stereocenters. The van der Waals surface area contributed by atoms with Crippen molar-refractivity contribution in [3.8, 4) is 0 Å². The topological polar surface area (TPSA) is 67.2 Å². The van der Waals surface area contributed by atoms with Crippen molar-refractivity contribution in [2.75, 3.05) is 6.61 Å². The highest BCUT2D eigenvalue weighted by Gasteiger charge is 2.38. The number of benzene rings is 1. The molecule has 2 N–H and O–H groups in total. The molecular formula is C14H16F3N3O2. The molecule has 0 spiro atoms. The molecule has 1 heterocycles. The van der Waals surface area contributed by atoms with Gasteiger partial charge in [0.05, 0.1) is 23.7 Å². The quantitative estimate of drug-likeness (QED) is 0.886. The fourth-order valence-electron chi connectivity index (χ4n) is 2.15. The van der Waals surface area contributed by atoms with Gasteiger partial charge in [-0.3, -0.25) is 4.79 Å². The number of aliphatic hydroxyl groups excluding tert-OH is 1. The zero-order valence-electron chi connectivity index (χ0n) is 11.9. The van der Waals surface area contributed by atoms with Gasteiger partial charge in [0.25, 0.3) is 0 Å². The van der Waals surface area contributed by atoms with Crippen molar-refractivity contribution in [1.82, 2.24) is 14.9 Å². The summed E-state index contributed by atoms with van der Waals surface area (Å²) in [5.74, 6) is -1.71. The van der Waals surface area contributed by atoms with Crippen molar-refractivity contribution in [2.45, 2.75) is 32.1 Å². The van der Waals surface area contributed by atoms with Crippen molar-refractivity contribution in [3.63, 3.8) is 0 Å². The van der Waals surface area contributed by atoms with Crippen molar-refractivity contribution in [2.24, 2.45) is 0 Å². The Morgan fingerprint density at radius 3 is 2.68 bits per heavy atom. The molecule has 5 nitrogen and oxygen atoms in total. The van der Waals surface area contributed by atoms with E-state index in [1.807, 2.05) is 0 Å². The summed E-state index contributed by atoms with van der Waals surface area (Å²) in [4.78, 5) is 15.5. The first-order valence-corrected chi connectivity index (χ1v) is 6.79. The van der Waals surface area contributed by atoms with E-state index >= 15 is 0 Å². The molecule has 0 aliphatic rings. The van der Waals surface area contributed by atoms with Crippen molar-refractivity contribution in [1.29, 1.82) is 0 Å². The maximum Gasteiger partial charge on any atom is 0.449 e. The number of halogens is 3. The molecule has 1 amide bonds. The first-order chi connectivity index (χ1) is 10.4. The van der Waals surface area contributed by atoms with Gasteiger partial charge in [0.15, 0.2) is 0 Å². The first-order valence-electron chi connectivity index (χ1n) is 6.79. The van der Waals surface area contributed by atoms with Crippen molar-refractivity contribution in [3.05, 3.63) is 30.1 Å². The molecule has 0 saturated carbocycles. The summed E-state index contributed by atoms with van der Waals surface area (Å²) in [5, 5.41) is 11.5. The van der Waals surface area contributed by atoms with E-state index in [0.29, 0.717) is 6.42 Å². The van der Waals surface area contributed by atoms with Crippen LogP contribution in [0.4, 0.5) is 13.2 Å². The number of hydrogen-bond donors (Lipinski definition) is 2. The Hall–Kier alpha value is -2.09. The van der Waals surface area contributed by atoms with E-state index in [1.165, 1.54) is 12.1 Å². The van der Waals surface area contributed by atoms with E-state index in [-0.39, 0.29) is 17.6 Å². The molecule has 0 bridgehead atoms. The molecule has 0 aliphatic heterocycles. The van der Waals surface area contributed by atoms with Gasteiger partial charge in [-0.05, 0) is 18.6 Å². The first kappa shape index (κ1) is 16.3. The Morgan fingerprint density at radius 2 is 2.09 bits per heavy atom. The number of imidazole rings is 1. The lowest BCUT2D eigenvalue weighted by atomic mass is 10.2. The fourth-order valence-corrected chi connectivity index (χ4v) is 2.15. The van der Waals surface area contributed by atoms with E-state index in [9.17, 15) is 18.0 Å². The molecular weight excluding hydrogens is 299 g/mol. The Kier molecular flexibility index (Phi) is 4.70. The van der Waals surface area contributed by atoms with Gasteiger partial charge in [0.1, 0.15) is 6.54 Å². The number of aliphatic hydroxyl groups is 1. The number of hydrogen-bond acceptors (Lipinski definition) is 3. The highest BCUT2D eigenvalue weighted by atomic mass is 19.4. The molecule has 2 aromatic rings. The van der Waals surface area contributed by atoms with Crippen LogP contribution in [0.25, 0.3) is 11.0 Å². The van der Waals surface area contributed by atoms with Gasteiger partial charge in [-0.2, -0.15) is 13.2 Å². The van der Waals surface area contributed by atoms with Gasteiger partial charge in [-0.15, -0.1) is 0 Å². The number of aromatic nitrogens is 2. The van der Waals surface area contributed by atoms with Crippen LogP contribution in [-0.2, 0) is 17.5 Å². The lowest BCUT2D eigenvalue weighted by Gasteiger charge is -2.16. The van der Waals surface area contributed by atoms with Crippen LogP contribution in [-0.4, -0.2) is 33.2 Å². The lowest BCUT2D eigenvalue weighted by Crippen LogP contribution is -2.39. The number of amides is 1. The summed E-state index contributed by atoms with van der Waals surface area (Å²) in [7, 11) is 0. The second kappa shape index (κ2) is 6.35. The van der Waals surface area contributed by atoms with E-state index in [0.717, 1.165) is 4.57 Å². The van der Waals surface area contributed by atoms with Crippen LogP contribution in [0.5, 0.6) is 0 Å². The summed E-state index contributed by atoms with van der Waals surface area (Å²) < 4.78 is 40.1. The molecule has 0 saturated heterocycles. The van der Waals surface area contributed by atoms with Crippen LogP contribution in [0.1, 0.15) is 19.2 Å². The van der Waals surface area contributed by atoms with Gasteiger partial charge in [0, 0.05) is 0 Å². The smallest absolute Gasteiger partial charge is 0.394 e. The van der Waals surface area contributed by atoms with Crippen LogP contribution in [0, 0.1) is 0 Å². The highest BCUT2D eigenvalue weighted by Crippen LogP contribution is 2.31. The third-order valence-electron chi connectivity index (χ3n) is 3.29. The predicted octanol–water partition coefficient (Wildman–Crippen LogP) is 1.94. The average molecular weight is 315 g/mol. The Labute approximate surface area is 124 Å². The summed E-state index contributed by atoms with van der Waals surface area (Å²) in [6, 6.07) is 5.63. The molecule has 22 heavy (non-hydrogen) atoms. The SMILES string of the molecule is CCC(CO)NC(=O)Cn1c(C(F)(F)F)nc2ccccc21. The Morgan fingerprint density at radius 1 is 1.41 bits per heavy atom. The number of rotatable bonds is 5. The van der Waals surface area contributed by atoms with Gasteiger partial charge < -0.3 is 15.0 Å². The minimum atomic E-state index is -4.65. The average Bonchev–Trinajstić information content (AvgIpc) is 2.84. The molecule has 8 heteroatoms. The minimum absolute atomic E-state index is 0.178. The van der Waals surface area contributed by atoms with Crippen LogP contribution < -0.4 is 5.32 Å². The van der Waals surface area contributed by atoms with Crippen molar-refractivity contribution < 1.29 is 23.1 Å². The molecule has 1 aromatic carbocycles. The normalized spacial score (nSPS) is 13.3. The van der Waals surface area contributed by atoms with E-state index < -0.39 is 30.5 Å². The standard InChI is InChI=1S/C14H16F3N3O2/c1-2-9(8-21)18-12(22)7-20-11-6-4-3-5-10(11)19-13(20)14(15,16)17/h3-6,9,21H,2,7-8H2,1H3,(H,18,22). The summed E-state index contributed by atoms with van der Waals surface area (Å²) in [6.07, 6.45) is -4.17. The number of nitrogens with zero attached hydrogens (tertiary/aromatic N) is 2. The second-order valence-corrected chi connectivity index (χ2v) is 4.86. The minimum Gasteiger partial charge on any atom is -0.394 e. The zero-order valence-corrected chi connectivity index (χ0v) is 11.9. The van der Waals surface area contributed by atoms with Crippen LogP contribution in [0.2, 0.25) is 0 Å². The third-order valence-corrected chi connectivity index (χ3v) is 3.29. The third kappa shape index (κ3) is 3.38. The van der Waals surface area contributed by atoms with E-state index in [4.69, 9.17) is 5.11 Å². The molecule has 1 atom stereocenters.